The molecule has 0 saturated carbocycles. The lowest BCUT2D eigenvalue weighted by molar-refractivity contribution is 0.0525. The summed E-state index contributed by atoms with van der Waals surface area (Å²) < 4.78 is 5.23. The average Bonchev–Trinajstić information content (AvgIpc) is 2.38. The fraction of sp³-hybridized carbons (Fsp3) is 0.588. The highest BCUT2D eigenvalue weighted by Crippen LogP contribution is 2.19. The maximum atomic E-state index is 11.7. The fourth-order valence-electron chi connectivity index (χ4n) is 2.01. The normalized spacial score (nSPS) is 13.1. The van der Waals surface area contributed by atoms with Crippen LogP contribution < -0.4 is 11.1 Å². The molecular weight excluding hydrogens is 264 g/mol. The van der Waals surface area contributed by atoms with Crippen molar-refractivity contribution >= 4 is 6.09 Å². The number of nitrogens with two attached hydrogens (primary N) is 1. The Morgan fingerprint density at radius 2 is 1.71 bits per heavy atom. The van der Waals surface area contributed by atoms with Gasteiger partial charge in [0.05, 0.1) is 0 Å². The molecule has 4 nitrogen and oxygen atoms in total. The zero-order valence-corrected chi connectivity index (χ0v) is 13.8. The van der Waals surface area contributed by atoms with Gasteiger partial charge in [-0.1, -0.05) is 38.1 Å². The van der Waals surface area contributed by atoms with E-state index in [9.17, 15) is 4.79 Å². The molecule has 1 aromatic carbocycles. The monoisotopic (exact) mass is 292 g/mol. The molecule has 21 heavy (non-hydrogen) atoms. The lowest BCUT2D eigenvalue weighted by atomic mass is 9.95. The number of benzene rings is 1. The summed E-state index contributed by atoms with van der Waals surface area (Å²) in [5.41, 5.74) is 7.78. The maximum absolute atomic E-state index is 11.7. The number of ether oxygens (including phenoxy) is 1. The van der Waals surface area contributed by atoms with Gasteiger partial charge in [-0.25, -0.2) is 4.79 Å². The minimum absolute atomic E-state index is 0.0960. The van der Waals surface area contributed by atoms with Crippen LogP contribution in [0.4, 0.5) is 4.79 Å². The van der Waals surface area contributed by atoms with Gasteiger partial charge in [0, 0.05) is 19.0 Å². The molecule has 3 N–H and O–H groups in total. The van der Waals surface area contributed by atoms with E-state index in [-0.39, 0.29) is 5.92 Å². The highest BCUT2D eigenvalue weighted by Gasteiger charge is 2.17. The van der Waals surface area contributed by atoms with Crippen molar-refractivity contribution in [1.82, 2.24) is 5.32 Å². The number of amides is 1. The van der Waals surface area contributed by atoms with Crippen LogP contribution in [0.25, 0.3) is 0 Å². The number of hydrogen-bond acceptors (Lipinski definition) is 3. The zero-order chi connectivity index (χ0) is 16.0. The van der Waals surface area contributed by atoms with Crippen LogP contribution in [0, 0.1) is 0 Å². The minimum atomic E-state index is -0.485. The van der Waals surface area contributed by atoms with E-state index in [0.29, 0.717) is 19.0 Å². The van der Waals surface area contributed by atoms with Crippen LogP contribution in [0.2, 0.25) is 0 Å². The average molecular weight is 292 g/mol. The van der Waals surface area contributed by atoms with Crippen LogP contribution in [0.1, 0.15) is 57.6 Å². The summed E-state index contributed by atoms with van der Waals surface area (Å²) in [6.45, 7) is 10.8. The smallest absolute Gasteiger partial charge is 0.407 e. The molecule has 1 aromatic rings. The Kier molecular flexibility index (Phi) is 6.21. The van der Waals surface area contributed by atoms with E-state index in [1.165, 1.54) is 5.56 Å². The molecule has 1 unspecified atom stereocenters. The predicted molar refractivity (Wildman–Crippen MR) is 86.6 cm³/mol. The molecule has 0 aliphatic rings. The Morgan fingerprint density at radius 3 is 2.14 bits per heavy atom. The number of carbonyl (C=O) groups is 1. The first-order valence-electron chi connectivity index (χ1n) is 7.49. The number of hydrogen-bond donors (Lipinski definition) is 2. The molecule has 1 amide bonds. The molecule has 118 valence electrons. The van der Waals surface area contributed by atoms with E-state index in [4.69, 9.17) is 10.5 Å². The quantitative estimate of drug-likeness (QED) is 0.874. The van der Waals surface area contributed by atoms with Crippen LogP contribution in [0.15, 0.2) is 24.3 Å². The van der Waals surface area contributed by atoms with Crippen LogP contribution in [-0.4, -0.2) is 24.8 Å². The molecule has 0 aliphatic carbocycles. The Balaban J connectivity index is 2.60. The fourth-order valence-corrected chi connectivity index (χ4v) is 2.01. The zero-order valence-electron chi connectivity index (χ0n) is 13.8. The predicted octanol–water partition coefficient (Wildman–Crippen LogP) is 3.38. The van der Waals surface area contributed by atoms with Crippen LogP contribution in [0.3, 0.4) is 0 Å². The van der Waals surface area contributed by atoms with Crippen molar-refractivity contribution < 1.29 is 9.53 Å². The molecule has 0 saturated heterocycles. The third kappa shape index (κ3) is 6.17. The number of carbonyl (C=O) groups excluding carboxylic acids is 1. The van der Waals surface area contributed by atoms with E-state index in [0.717, 1.165) is 5.56 Å². The number of nitrogens with one attached hydrogen (secondary N) is 1. The van der Waals surface area contributed by atoms with Gasteiger partial charge >= 0.3 is 6.09 Å². The summed E-state index contributed by atoms with van der Waals surface area (Å²) in [6.07, 6.45) is -0.403. The van der Waals surface area contributed by atoms with Crippen molar-refractivity contribution in [1.29, 1.82) is 0 Å². The summed E-state index contributed by atoms with van der Waals surface area (Å²) >= 11 is 0. The van der Waals surface area contributed by atoms with Crippen LogP contribution in [0.5, 0.6) is 0 Å². The van der Waals surface area contributed by atoms with E-state index in [1.807, 2.05) is 20.8 Å². The van der Waals surface area contributed by atoms with Crippen molar-refractivity contribution in [3.8, 4) is 0 Å². The van der Waals surface area contributed by atoms with Gasteiger partial charge in [-0.05, 0) is 37.8 Å². The van der Waals surface area contributed by atoms with Gasteiger partial charge in [0.15, 0.2) is 0 Å². The van der Waals surface area contributed by atoms with Crippen molar-refractivity contribution in [2.24, 2.45) is 5.73 Å². The first-order valence-corrected chi connectivity index (χ1v) is 7.49. The van der Waals surface area contributed by atoms with Crippen molar-refractivity contribution in [2.75, 3.05) is 13.1 Å². The molecule has 0 radical (unpaired) electrons. The number of rotatable bonds is 5. The van der Waals surface area contributed by atoms with Crippen molar-refractivity contribution in [3.05, 3.63) is 35.4 Å². The highest BCUT2D eigenvalue weighted by molar-refractivity contribution is 5.67. The molecule has 0 aliphatic heterocycles. The van der Waals surface area contributed by atoms with Gasteiger partial charge in [0.1, 0.15) is 5.60 Å². The van der Waals surface area contributed by atoms with Crippen molar-refractivity contribution in [3.63, 3.8) is 0 Å². The Hall–Kier alpha value is -1.55. The molecule has 0 heterocycles. The Morgan fingerprint density at radius 1 is 1.19 bits per heavy atom. The molecule has 0 aromatic heterocycles. The highest BCUT2D eigenvalue weighted by atomic mass is 16.6. The lowest BCUT2D eigenvalue weighted by Gasteiger charge is -2.22. The van der Waals surface area contributed by atoms with E-state index >= 15 is 0 Å². The first kappa shape index (κ1) is 17.5. The van der Waals surface area contributed by atoms with E-state index in [1.54, 1.807) is 0 Å². The topological polar surface area (TPSA) is 64.3 Å². The van der Waals surface area contributed by atoms with E-state index in [2.05, 4.69) is 43.4 Å². The van der Waals surface area contributed by atoms with Crippen molar-refractivity contribution in [2.45, 2.75) is 52.1 Å². The van der Waals surface area contributed by atoms with Gasteiger partial charge in [-0.3, -0.25) is 0 Å². The summed E-state index contributed by atoms with van der Waals surface area (Å²) in [4.78, 5) is 11.7. The second kappa shape index (κ2) is 7.46. The summed E-state index contributed by atoms with van der Waals surface area (Å²) in [7, 11) is 0. The van der Waals surface area contributed by atoms with Gasteiger partial charge < -0.3 is 15.8 Å². The summed E-state index contributed by atoms with van der Waals surface area (Å²) in [5.74, 6) is 0.606. The second-order valence-corrected chi connectivity index (χ2v) is 6.64. The van der Waals surface area contributed by atoms with Crippen LogP contribution >= 0.6 is 0 Å². The second-order valence-electron chi connectivity index (χ2n) is 6.64. The third-order valence-electron chi connectivity index (χ3n) is 3.25. The van der Waals surface area contributed by atoms with E-state index < -0.39 is 11.7 Å². The van der Waals surface area contributed by atoms with Gasteiger partial charge in [0.2, 0.25) is 0 Å². The summed E-state index contributed by atoms with van der Waals surface area (Å²) in [6, 6.07) is 8.42. The number of alkyl carbamates (subject to hydrolysis) is 1. The third-order valence-corrected chi connectivity index (χ3v) is 3.25. The minimum Gasteiger partial charge on any atom is -0.444 e. The molecule has 1 rings (SSSR count). The molecule has 0 fully saturated rings. The Labute approximate surface area is 128 Å². The molecular formula is C17H28N2O2. The van der Waals surface area contributed by atoms with Gasteiger partial charge in [-0.15, -0.1) is 0 Å². The lowest BCUT2D eigenvalue weighted by Crippen LogP contribution is -2.36. The molecule has 1 atom stereocenters. The Bertz CT molecular complexity index is 447. The molecule has 0 bridgehead atoms. The SMILES string of the molecule is CC(C)c1ccc(C(CN)CNC(=O)OC(C)(C)C)cc1. The first-order chi connectivity index (χ1) is 9.73. The maximum Gasteiger partial charge on any atom is 0.407 e. The standard InChI is InChI=1S/C17H28N2O2/c1-12(2)13-6-8-14(9-7-13)15(10-18)11-19-16(20)21-17(3,4)5/h6-9,12,15H,10-11,18H2,1-5H3,(H,19,20). The van der Waals surface area contributed by atoms with Gasteiger partial charge in [-0.2, -0.15) is 0 Å². The van der Waals surface area contributed by atoms with Gasteiger partial charge in [0.25, 0.3) is 0 Å². The molecule has 4 heteroatoms. The largest absolute Gasteiger partial charge is 0.444 e. The summed E-state index contributed by atoms with van der Waals surface area (Å²) in [5, 5.41) is 2.78. The molecule has 0 spiro atoms. The van der Waals surface area contributed by atoms with Crippen LogP contribution in [-0.2, 0) is 4.74 Å².